The van der Waals surface area contributed by atoms with Crippen LogP contribution in [0.25, 0.3) is 10.8 Å². The van der Waals surface area contributed by atoms with Gasteiger partial charge in [-0.1, -0.05) is 59.6 Å². The number of aliphatic hydroxyl groups is 1. The first-order chi connectivity index (χ1) is 12.9. The Morgan fingerprint density at radius 3 is 2.56 bits per heavy atom. The van der Waals surface area contributed by atoms with Gasteiger partial charge in [0, 0.05) is 33.3 Å². The van der Waals surface area contributed by atoms with Crippen LogP contribution in [0.4, 0.5) is 0 Å². The van der Waals surface area contributed by atoms with Crippen molar-refractivity contribution in [3.8, 4) is 5.75 Å². The molecule has 0 aliphatic carbocycles. The van der Waals surface area contributed by atoms with Crippen LogP contribution in [0.2, 0.25) is 10.0 Å². The molecule has 142 valence electrons. The monoisotopic (exact) mass is 403 g/mol. The third kappa shape index (κ3) is 4.94. The van der Waals surface area contributed by atoms with Crippen LogP contribution in [-0.4, -0.2) is 17.3 Å². The molecule has 0 saturated heterocycles. The summed E-state index contributed by atoms with van der Waals surface area (Å²) in [5.74, 6) is 0.793. The van der Waals surface area contributed by atoms with Gasteiger partial charge < -0.3 is 15.2 Å². The van der Waals surface area contributed by atoms with Gasteiger partial charge in [0.15, 0.2) is 0 Å². The lowest BCUT2D eigenvalue weighted by Crippen LogP contribution is -2.42. The Kier molecular flexibility index (Phi) is 6.28. The Bertz CT molecular complexity index is 941. The molecule has 0 radical (unpaired) electrons. The van der Waals surface area contributed by atoms with Gasteiger partial charge in [-0.2, -0.15) is 0 Å². The quantitative estimate of drug-likeness (QED) is 0.540. The van der Waals surface area contributed by atoms with E-state index in [0.717, 1.165) is 27.6 Å². The van der Waals surface area contributed by atoms with E-state index in [1.165, 1.54) is 0 Å². The molecule has 0 atom stereocenters. The Morgan fingerprint density at radius 2 is 1.81 bits per heavy atom. The highest BCUT2D eigenvalue weighted by atomic mass is 35.5. The second kappa shape index (κ2) is 8.49. The predicted molar refractivity (Wildman–Crippen MR) is 113 cm³/mol. The summed E-state index contributed by atoms with van der Waals surface area (Å²) in [5.41, 5.74) is 1.55. The molecule has 3 nitrogen and oxygen atoms in total. The Balaban J connectivity index is 1.90. The van der Waals surface area contributed by atoms with Crippen molar-refractivity contribution in [1.29, 1.82) is 0 Å². The highest BCUT2D eigenvalue weighted by molar-refractivity contribution is 6.35. The minimum absolute atomic E-state index is 0.0499. The largest absolute Gasteiger partial charge is 0.488 e. The maximum absolute atomic E-state index is 9.54. The first-order valence-electron chi connectivity index (χ1n) is 8.83. The number of ether oxygens (including phenoxy) is 1. The van der Waals surface area contributed by atoms with Crippen molar-refractivity contribution < 1.29 is 9.84 Å². The van der Waals surface area contributed by atoms with Crippen LogP contribution in [-0.2, 0) is 13.2 Å². The molecule has 0 unspecified atom stereocenters. The van der Waals surface area contributed by atoms with Crippen molar-refractivity contribution in [3.05, 3.63) is 75.8 Å². The number of fused-ring (bicyclic) bond motifs is 1. The molecule has 0 aliphatic rings. The summed E-state index contributed by atoms with van der Waals surface area (Å²) in [5, 5.41) is 16.4. The summed E-state index contributed by atoms with van der Waals surface area (Å²) in [6, 6.07) is 17.6. The van der Waals surface area contributed by atoms with Gasteiger partial charge in [-0.3, -0.25) is 0 Å². The second-order valence-corrected chi connectivity index (χ2v) is 8.03. The summed E-state index contributed by atoms with van der Waals surface area (Å²) in [4.78, 5) is 0. The molecule has 3 aromatic carbocycles. The minimum atomic E-state index is -0.381. The molecule has 0 heterocycles. The van der Waals surface area contributed by atoms with E-state index < -0.39 is 0 Å². The Morgan fingerprint density at radius 1 is 1.04 bits per heavy atom. The lowest BCUT2D eigenvalue weighted by atomic mass is 10.0. The minimum Gasteiger partial charge on any atom is -0.488 e. The zero-order valence-corrected chi connectivity index (χ0v) is 16.9. The van der Waals surface area contributed by atoms with Gasteiger partial charge in [-0.15, -0.1) is 0 Å². The Labute approximate surface area is 169 Å². The van der Waals surface area contributed by atoms with Crippen molar-refractivity contribution >= 4 is 34.0 Å². The van der Waals surface area contributed by atoms with E-state index in [1.807, 2.05) is 38.1 Å². The zero-order chi connectivity index (χ0) is 19.4. The summed E-state index contributed by atoms with van der Waals surface area (Å²) < 4.78 is 6.12. The van der Waals surface area contributed by atoms with E-state index in [-0.39, 0.29) is 12.1 Å². The van der Waals surface area contributed by atoms with Crippen LogP contribution in [0.3, 0.4) is 0 Å². The molecular formula is C22H23Cl2NO2. The number of hydrogen-bond acceptors (Lipinski definition) is 3. The molecule has 0 amide bonds. The number of benzene rings is 3. The fraction of sp³-hybridized carbons (Fsp3) is 0.273. The number of aliphatic hydroxyl groups excluding tert-OH is 1. The normalized spacial score (nSPS) is 11.7. The predicted octanol–water partition coefficient (Wildman–Crippen LogP) is 5.59. The molecule has 0 aromatic heterocycles. The summed E-state index contributed by atoms with van der Waals surface area (Å²) in [7, 11) is 0. The maximum atomic E-state index is 9.54. The topological polar surface area (TPSA) is 41.5 Å². The summed E-state index contributed by atoms with van der Waals surface area (Å²) in [6.45, 7) is 4.91. The average Bonchev–Trinajstić information content (AvgIpc) is 2.66. The highest BCUT2D eigenvalue weighted by Gasteiger charge is 2.18. The molecule has 27 heavy (non-hydrogen) atoms. The lowest BCUT2D eigenvalue weighted by molar-refractivity contribution is 0.187. The number of rotatable bonds is 7. The third-order valence-electron chi connectivity index (χ3n) is 4.53. The lowest BCUT2D eigenvalue weighted by Gasteiger charge is -2.25. The Hall–Kier alpha value is -1.78. The first kappa shape index (κ1) is 20.0. The number of hydrogen-bond donors (Lipinski definition) is 2. The van der Waals surface area contributed by atoms with Crippen LogP contribution in [0.1, 0.15) is 25.0 Å². The second-order valence-electron chi connectivity index (χ2n) is 7.18. The third-order valence-corrected chi connectivity index (χ3v) is 5.12. The van der Waals surface area contributed by atoms with Gasteiger partial charge >= 0.3 is 0 Å². The van der Waals surface area contributed by atoms with Crippen molar-refractivity contribution in [2.75, 3.05) is 6.61 Å². The van der Waals surface area contributed by atoms with Crippen LogP contribution >= 0.6 is 23.2 Å². The van der Waals surface area contributed by atoms with Gasteiger partial charge in [0.2, 0.25) is 0 Å². The zero-order valence-electron chi connectivity index (χ0n) is 15.4. The van der Waals surface area contributed by atoms with E-state index in [2.05, 4.69) is 23.5 Å². The molecule has 3 rings (SSSR count). The summed E-state index contributed by atoms with van der Waals surface area (Å²) in [6.07, 6.45) is 0. The van der Waals surface area contributed by atoms with Crippen molar-refractivity contribution in [3.63, 3.8) is 0 Å². The number of nitrogens with one attached hydrogen (secondary N) is 1. The van der Waals surface area contributed by atoms with E-state index >= 15 is 0 Å². The van der Waals surface area contributed by atoms with E-state index in [0.29, 0.717) is 23.2 Å². The molecule has 0 spiro atoms. The van der Waals surface area contributed by atoms with E-state index in [9.17, 15) is 5.11 Å². The molecule has 0 saturated carbocycles. The number of halogens is 2. The average molecular weight is 404 g/mol. The van der Waals surface area contributed by atoms with Gasteiger partial charge in [0.25, 0.3) is 0 Å². The fourth-order valence-corrected chi connectivity index (χ4v) is 3.27. The van der Waals surface area contributed by atoms with Crippen molar-refractivity contribution in [1.82, 2.24) is 5.32 Å². The molecule has 2 N–H and O–H groups in total. The SMILES string of the molecule is CC(C)(CO)NCc1c(OCc2ccc(Cl)cc2Cl)ccc2ccccc12. The first-order valence-corrected chi connectivity index (χ1v) is 9.58. The van der Waals surface area contributed by atoms with E-state index in [4.69, 9.17) is 27.9 Å². The standard InChI is InChI=1S/C22H23Cl2NO2/c1-22(2,14-26)25-12-19-18-6-4-3-5-15(18)8-10-21(19)27-13-16-7-9-17(23)11-20(16)24/h3-11,25-26H,12-14H2,1-2H3. The highest BCUT2D eigenvalue weighted by Crippen LogP contribution is 2.30. The molecule has 0 bridgehead atoms. The maximum Gasteiger partial charge on any atom is 0.124 e. The molecule has 0 fully saturated rings. The molecular weight excluding hydrogens is 381 g/mol. The smallest absolute Gasteiger partial charge is 0.124 e. The van der Waals surface area contributed by atoms with Crippen molar-refractivity contribution in [2.24, 2.45) is 0 Å². The van der Waals surface area contributed by atoms with Crippen LogP contribution in [0, 0.1) is 0 Å². The molecule has 5 heteroatoms. The van der Waals surface area contributed by atoms with Crippen molar-refractivity contribution in [2.45, 2.75) is 32.5 Å². The van der Waals surface area contributed by atoms with Gasteiger partial charge in [0.1, 0.15) is 12.4 Å². The van der Waals surface area contributed by atoms with Gasteiger partial charge in [-0.05, 0) is 42.8 Å². The summed E-state index contributed by atoms with van der Waals surface area (Å²) >= 11 is 12.2. The molecule has 3 aromatic rings. The van der Waals surface area contributed by atoms with Crippen LogP contribution < -0.4 is 10.1 Å². The van der Waals surface area contributed by atoms with Crippen LogP contribution in [0.5, 0.6) is 5.75 Å². The fourth-order valence-electron chi connectivity index (χ4n) is 2.81. The van der Waals surface area contributed by atoms with Gasteiger partial charge in [0.05, 0.1) is 6.61 Å². The van der Waals surface area contributed by atoms with Gasteiger partial charge in [-0.25, -0.2) is 0 Å². The molecule has 0 aliphatic heterocycles. The van der Waals surface area contributed by atoms with E-state index in [1.54, 1.807) is 12.1 Å². The van der Waals surface area contributed by atoms with Crippen LogP contribution in [0.15, 0.2) is 54.6 Å².